The second-order valence-electron chi connectivity index (χ2n) is 4.80. The second kappa shape index (κ2) is 11.7. The predicted octanol–water partition coefficient (Wildman–Crippen LogP) is 4.20. The zero-order valence-electron chi connectivity index (χ0n) is 11.8. The topological polar surface area (TPSA) is 63.2 Å². The number of rotatable bonds is 11. The highest BCUT2D eigenvalue weighted by molar-refractivity contribution is 9.28. The van der Waals surface area contributed by atoms with Gasteiger partial charge in [-0.05, 0) is 51.1 Å². The molecule has 0 aliphatic carbocycles. The number of hydrogen-bond donors (Lipinski definition) is 1. The Morgan fingerprint density at radius 3 is 2.00 bits per heavy atom. The number of sulfonamides is 1. The zero-order valence-corrected chi connectivity index (χ0v) is 15.8. The molecule has 0 unspecified atom stereocenters. The van der Waals surface area contributed by atoms with Crippen LogP contribution < -0.4 is 4.72 Å². The van der Waals surface area contributed by atoms with Gasteiger partial charge < -0.3 is 0 Å². The Morgan fingerprint density at radius 2 is 1.50 bits per heavy atom. The summed E-state index contributed by atoms with van der Waals surface area (Å²) in [6.07, 6.45) is 12.1. The van der Waals surface area contributed by atoms with E-state index in [-0.39, 0.29) is 6.42 Å². The van der Waals surface area contributed by atoms with Crippen LogP contribution >= 0.6 is 31.9 Å². The first-order valence-electron chi connectivity index (χ1n) is 6.83. The van der Waals surface area contributed by atoms with Gasteiger partial charge >= 0.3 is 0 Å². The summed E-state index contributed by atoms with van der Waals surface area (Å²) in [7, 11) is -3.40. The van der Waals surface area contributed by atoms with Gasteiger partial charge in [0.1, 0.15) is 0 Å². The predicted molar refractivity (Wildman–Crippen MR) is 90.5 cm³/mol. The van der Waals surface area contributed by atoms with Crippen LogP contribution in [-0.4, -0.2) is 20.6 Å². The maximum absolute atomic E-state index is 11.2. The molecule has 0 atom stereocenters. The van der Waals surface area contributed by atoms with Gasteiger partial charge in [0.15, 0.2) is 0 Å². The van der Waals surface area contributed by atoms with Crippen molar-refractivity contribution >= 4 is 47.8 Å². The molecule has 0 aromatic heterocycles. The molecule has 1 N–H and O–H groups in total. The number of allylic oxidation sites excluding steroid dienone is 1. The summed E-state index contributed by atoms with van der Waals surface area (Å²) >= 11 is 6.65. The molecule has 0 saturated carbocycles. The molecule has 0 aliphatic rings. The van der Waals surface area contributed by atoms with E-state index in [4.69, 9.17) is 0 Å². The Labute approximate surface area is 139 Å². The average molecular weight is 433 g/mol. The first-order chi connectivity index (χ1) is 9.31. The standard InChI is InChI=1S/C13H23Br2NO3S/c1-20(18,19)16-13(17)11-9-7-5-3-2-4-6-8-10-12(14)15/h10H,2-9,11H2,1H3,(H,16,17). The van der Waals surface area contributed by atoms with Crippen molar-refractivity contribution in [3.63, 3.8) is 0 Å². The van der Waals surface area contributed by atoms with E-state index in [1.165, 1.54) is 25.7 Å². The molecule has 20 heavy (non-hydrogen) atoms. The van der Waals surface area contributed by atoms with Crippen LogP contribution in [0.2, 0.25) is 0 Å². The molecule has 0 fully saturated rings. The lowest BCUT2D eigenvalue weighted by Gasteiger charge is -2.03. The molecule has 7 heteroatoms. The van der Waals surface area contributed by atoms with Gasteiger partial charge in [0, 0.05) is 6.42 Å². The van der Waals surface area contributed by atoms with Gasteiger partial charge in [-0.15, -0.1) is 0 Å². The minimum atomic E-state index is -3.40. The second-order valence-corrected chi connectivity index (χ2v) is 9.33. The minimum absolute atomic E-state index is 0.289. The summed E-state index contributed by atoms with van der Waals surface area (Å²) in [6.45, 7) is 0. The SMILES string of the molecule is CS(=O)(=O)NC(=O)CCCCCCCCCC=C(Br)Br. The number of carbonyl (C=O) groups excluding carboxylic acids is 1. The summed E-state index contributed by atoms with van der Waals surface area (Å²) in [5, 5.41) is 0. The highest BCUT2D eigenvalue weighted by Crippen LogP contribution is 2.16. The number of nitrogens with one attached hydrogen (secondary N) is 1. The summed E-state index contributed by atoms with van der Waals surface area (Å²) < 4.78 is 24.6. The van der Waals surface area contributed by atoms with Crippen molar-refractivity contribution in [1.29, 1.82) is 0 Å². The molecule has 0 spiro atoms. The molecule has 0 bridgehead atoms. The third kappa shape index (κ3) is 16.2. The van der Waals surface area contributed by atoms with Crippen molar-refractivity contribution in [3.05, 3.63) is 9.47 Å². The van der Waals surface area contributed by atoms with E-state index < -0.39 is 15.9 Å². The maximum atomic E-state index is 11.2. The first-order valence-corrected chi connectivity index (χ1v) is 10.3. The number of amides is 1. The molecular weight excluding hydrogens is 410 g/mol. The van der Waals surface area contributed by atoms with Crippen LogP contribution in [-0.2, 0) is 14.8 Å². The van der Waals surface area contributed by atoms with Crippen LogP contribution in [0, 0.1) is 0 Å². The van der Waals surface area contributed by atoms with Gasteiger partial charge in [-0.2, -0.15) is 0 Å². The van der Waals surface area contributed by atoms with Crippen LogP contribution in [0.1, 0.15) is 57.8 Å². The molecule has 0 heterocycles. The van der Waals surface area contributed by atoms with E-state index >= 15 is 0 Å². The summed E-state index contributed by atoms with van der Waals surface area (Å²) in [5.74, 6) is -0.403. The molecule has 0 aromatic rings. The third-order valence-electron chi connectivity index (χ3n) is 2.71. The smallest absolute Gasteiger partial charge is 0.233 e. The van der Waals surface area contributed by atoms with Gasteiger partial charge in [-0.25, -0.2) is 8.42 Å². The fourth-order valence-electron chi connectivity index (χ4n) is 1.78. The normalized spacial score (nSPS) is 11.2. The molecule has 0 saturated heterocycles. The third-order valence-corrected chi connectivity index (χ3v) is 3.95. The summed E-state index contributed by atoms with van der Waals surface area (Å²) in [5.41, 5.74) is 0. The Balaban J connectivity index is 3.33. The number of unbranched alkanes of at least 4 members (excludes halogenated alkanes) is 7. The van der Waals surface area contributed by atoms with Crippen LogP contribution in [0.25, 0.3) is 0 Å². The Morgan fingerprint density at radius 1 is 1.00 bits per heavy atom. The number of hydrogen-bond acceptors (Lipinski definition) is 3. The Bertz CT molecular complexity index is 404. The van der Waals surface area contributed by atoms with E-state index in [1.807, 2.05) is 4.72 Å². The van der Waals surface area contributed by atoms with Gasteiger partial charge in [0.25, 0.3) is 0 Å². The minimum Gasteiger partial charge on any atom is -0.274 e. The molecule has 0 aromatic carbocycles. The molecule has 0 aliphatic heterocycles. The van der Waals surface area contributed by atoms with Gasteiger partial charge in [0.2, 0.25) is 15.9 Å². The van der Waals surface area contributed by atoms with Crippen LogP contribution in [0.3, 0.4) is 0 Å². The largest absolute Gasteiger partial charge is 0.274 e. The molecule has 118 valence electrons. The van der Waals surface area contributed by atoms with Crippen LogP contribution in [0.5, 0.6) is 0 Å². The maximum Gasteiger partial charge on any atom is 0.233 e. The summed E-state index contributed by atoms with van der Waals surface area (Å²) in [6, 6.07) is 0. The van der Waals surface area contributed by atoms with E-state index in [2.05, 4.69) is 37.9 Å². The molecule has 4 nitrogen and oxygen atoms in total. The van der Waals surface area contributed by atoms with Gasteiger partial charge in [-0.3, -0.25) is 9.52 Å². The Hall–Kier alpha value is 0.120. The van der Waals surface area contributed by atoms with Gasteiger partial charge in [-0.1, -0.05) is 38.2 Å². The van der Waals surface area contributed by atoms with Crippen LogP contribution in [0.15, 0.2) is 9.47 Å². The van der Waals surface area contributed by atoms with E-state index in [0.717, 1.165) is 35.3 Å². The van der Waals surface area contributed by atoms with Crippen molar-refractivity contribution in [1.82, 2.24) is 4.72 Å². The lowest BCUT2D eigenvalue weighted by molar-refractivity contribution is -0.119. The quantitative estimate of drug-likeness (QED) is 0.497. The van der Waals surface area contributed by atoms with Crippen LogP contribution in [0.4, 0.5) is 0 Å². The average Bonchev–Trinajstić information content (AvgIpc) is 2.28. The highest BCUT2D eigenvalue weighted by atomic mass is 79.9. The summed E-state index contributed by atoms with van der Waals surface area (Å²) in [4.78, 5) is 11.2. The van der Waals surface area contributed by atoms with Gasteiger partial charge in [0.05, 0.1) is 9.65 Å². The lowest BCUT2D eigenvalue weighted by atomic mass is 10.1. The molecule has 0 rings (SSSR count). The zero-order chi connectivity index (χ0) is 15.4. The van der Waals surface area contributed by atoms with E-state index in [1.54, 1.807) is 0 Å². The Kier molecular flexibility index (Phi) is 11.8. The van der Waals surface area contributed by atoms with Crippen molar-refractivity contribution < 1.29 is 13.2 Å². The van der Waals surface area contributed by atoms with Crippen molar-refractivity contribution in [2.45, 2.75) is 57.8 Å². The van der Waals surface area contributed by atoms with E-state index in [9.17, 15) is 13.2 Å². The van der Waals surface area contributed by atoms with Crippen molar-refractivity contribution in [3.8, 4) is 0 Å². The van der Waals surface area contributed by atoms with Crippen molar-refractivity contribution in [2.75, 3.05) is 6.26 Å². The molecular formula is C13H23Br2NO3S. The fourth-order valence-corrected chi connectivity index (χ4v) is 2.76. The lowest BCUT2D eigenvalue weighted by Crippen LogP contribution is -2.28. The van der Waals surface area contributed by atoms with E-state index in [0.29, 0.717) is 0 Å². The molecule has 0 radical (unpaired) electrons. The number of halogens is 2. The molecule has 1 amide bonds. The highest BCUT2D eigenvalue weighted by Gasteiger charge is 2.07. The first kappa shape index (κ1) is 20.1. The monoisotopic (exact) mass is 431 g/mol. The van der Waals surface area contributed by atoms with Crippen molar-refractivity contribution in [2.24, 2.45) is 0 Å². The fraction of sp³-hybridized carbons (Fsp3) is 0.769. The number of carbonyl (C=O) groups is 1.